The van der Waals surface area contributed by atoms with Crippen LogP contribution in [0, 0.1) is 23.2 Å². The molecule has 0 spiro atoms. The monoisotopic (exact) mass is 348 g/mol. The lowest BCUT2D eigenvalue weighted by Crippen LogP contribution is -2.46. The number of esters is 1. The molecular weight excluding hydrogens is 320 g/mol. The van der Waals surface area contributed by atoms with Crippen molar-refractivity contribution < 1.29 is 23.9 Å². The summed E-state index contributed by atoms with van der Waals surface area (Å²) in [5.41, 5.74) is -0.101. The average Bonchev–Trinajstić information content (AvgIpc) is 2.86. The van der Waals surface area contributed by atoms with Crippen LogP contribution in [0.2, 0.25) is 0 Å². The summed E-state index contributed by atoms with van der Waals surface area (Å²) < 4.78 is 5.59. The van der Waals surface area contributed by atoms with Crippen LogP contribution in [0.25, 0.3) is 0 Å². The second-order valence-corrected chi connectivity index (χ2v) is 8.36. The summed E-state index contributed by atoms with van der Waals surface area (Å²) in [6.07, 6.45) is 4.83. The first-order valence-corrected chi connectivity index (χ1v) is 9.54. The minimum absolute atomic E-state index is 0.0000848. The summed E-state index contributed by atoms with van der Waals surface area (Å²) >= 11 is 0. The van der Waals surface area contributed by atoms with Crippen molar-refractivity contribution in [2.24, 2.45) is 23.2 Å². The van der Waals surface area contributed by atoms with Gasteiger partial charge in [-0.05, 0) is 43.9 Å². The second-order valence-electron chi connectivity index (χ2n) is 8.36. The Labute approximate surface area is 148 Å². The van der Waals surface area contributed by atoms with E-state index in [0.29, 0.717) is 18.8 Å². The van der Waals surface area contributed by atoms with Gasteiger partial charge in [-0.15, -0.1) is 0 Å². The SMILES string of the molecule is CC(=O)O[C@H]1CC[C@@H]2[C@H]3CCC(=O)CC(=O)CCC(=O)[C@@H]3CC[C@]12C. The Balaban J connectivity index is 1.83. The van der Waals surface area contributed by atoms with Crippen LogP contribution in [-0.4, -0.2) is 29.4 Å². The van der Waals surface area contributed by atoms with Gasteiger partial charge in [-0.2, -0.15) is 0 Å². The molecule has 0 aromatic heterocycles. The van der Waals surface area contributed by atoms with Crippen molar-refractivity contribution in [2.75, 3.05) is 0 Å². The van der Waals surface area contributed by atoms with Crippen molar-refractivity contribution in [3.63, 3.8) is 0 Å². The summed E-state index contributed by atoms with van der Waals surface area (Å²) in [5, 5.41) is 0. The van der Waals surface area contributed by atoms with Gasteiger partial charge >= 0.3 is 5.97 Å². The number of rotatable bonds is 1. The highest BCUT2D eigenvalue weighted by atomic mass is 16.5. The van der Waals surface area contributed by atoms with Crippen LogP contribution in [0.1, 0.15) is 71.6 Å². The van der Waals surface area contributed by atoms with Crippen molar-refractivity contribution >= 4 is 23.3 Å². The quantitative estimate of drug-likeness (QED) is 0.538. The molecule has 5 heteroatoms. The van der Waals surface area contributed by atoms with E-state index < -0.39 is 0 Å². The van der Waals surface area contributed by atoms with Crippen molar-refractivity contribution in [2.45, 2.75) is 77.7 Å². The zero-order valence-corrected chi connectivity index (χ0v) is 15.2. The third kappa shape index (κ3) is 3.56. The highest BCUT2D eigenvalue weighted by Gasteiger charge is 2.56. The third-order valence-electron chi connectivity index (χ3n) is 6.87. The summed E-state index contributed by atoms with van der Waals surface area (Å²) in [7, 11) is 0. The first-order valence-electron chi connectivity index (χ1n) is 9.54. The Bertz CT molecular complexity index is 595. The standard InChI is InChI=1S/C20H28O5/c1-12(21)25-19-8-6-17-15-5-3-13(22)11-14(23)4-7-18(24)16(15)9-10-20(17,19)2/h15-17,19H,3-11H2,1-2H3/t15-,16+,17+,19-,20-/m0/s1. The van der Waals surface area contributed by atoms with Crippen LogP contribution >= 0.6 is 0 Å². The molecule has 0 N–H and O–H groups in total. The Kier molecular flexibility index (Phi) is 5.12. The zero-order valence-electron chi connectivity index (χ0n) is 15.2. The molecule has 3 saturated carbocycles. The molecule has 3 rings (SSSR count). The van der Waals surface area contributed by atoms with Gasteiger partial charge < -0.3 is 4.74 Å². The normalized spacial score (nSPS) is 39.5. The largest absolute Gasteiger partial charge is 0.462 e. The van der Waals surface area contributed by atoms with E-state index in [9.17, 15) is 19.2 Å². The number of hydrogen-bond donors (Lipinski definition) is 0. The molecule has 0 unspecified atom stereocenters. The number of ether oxygens (including phenoxy) is 1. The van der Waals surface area contributed by atoms with E-state index in [2.05, 4.69) is 6.92 Å². The molecule has 0 aromatic carbocycles. The van der Waals surface area contributed by atoms with Crippen molar-refractivity contribution in [3.8, 4) is 0 Å². The summed E-state index contributed by atoms with van der Waals surface area (Å²) in [6, 6.07) is 0. The van der Waals surface area contributed by atoms with Crippen molar-refractivity contribution in [1.29, 1.82) is 0 Å². The lowest BCUT2D eigenvalue weighted by Gasteiger charge is -2.48. The Morgan fingerprint density at radius 2 is 1.72 bits per heavy atom. The molecule has 5 atom stereocenters. The predicted molar refractivity (Wildman–Crippen MR) is 90.7 cm³/mol. The molecule has 0 aromatic rings. The summed E-state index contributed by atoms with van der Waals surface area (Å²) in [4.78, 5) is 48.0. The molecule has 3 aliphatic rings. The van der Waals surface area contributed by atoms with E-state index in [-0.39, 0.29) is 65.9 Å². The molecular formula is C20H28O5. The van der Waals surface area contributed by atoms with Crippen LogP contribution in [0.3, 0.4) is 0 Å². The number of ketones is 3. The lowest BCUT2D eigenvalue weighted by atomic mass is 9.57. The molecule has 5 nitrogen and oxygen atoms in total. The smallest absolute Gasteiger partial charge is 0.302 e. The molecule has 0 radical (unpaired) electrons. The number of hydrogen-bond acceptors (Lipinski definition) is 5. The van der Waals surface area contributed by atoms with Gasteiger partial charge in [0.25, 0.3) is 0 Å². The van der Waals surface area contributed by atoms with E-state index in [0.717, 1.165) is 25.7 Å². The fourth-order valence-corrected chi connectivity index (χ4v) is 5.61. The molecule has 0 saturated heterocycles. The van der Waals surface area contributed by atoms with Gasteiger partial charge in [0.05, 0.1) is 6.42 Å². The number of carbonyl (C=O) groups excluding carboxylic acids is 4. The number of Topliss-reactive ketones (excluding diaryl/α,β-unsaturated/α-hetero) is 3. The minimum atomic E-state index is -0.246. The molecule has 3 fully saturated rings. The highest BCUT2D eigenvalue weighted by Crippen LogP contribution is 2.58. The lowest BCUT2D eigenvalue weighted by molar-refractivity contribution is -0.156. The first-order chi connectivity index (χ1) is 11.8. The maximum Gasteiger partial charge on any atom is 0.302 e. The van der Waals surface area contributed by atoms with E-state index >= 15 is 0 Å². The molecule has 0 heterocycles. The van der Waals surface area contributed by atoms with Crippen LogP contribution in [0.5, 0.6) is 0 Å². The van der Waals surface area contributed by atoms with Crippen LogP contribution in [0.15, 0.2) is 0 Å². The average molecular weight is 348 g/mol. The molecule has 138 valence electrons. The molecule has 0 bridgehead atoms. The van der Waals surface area contributed by atoms with E-state index in [1.54, 1.807) is 0 Å². The fourth-order valence-electron chi connectivity index (χ4n) is 5.61. The highest BCUT2D eigenvalue weighted by molar-refractivity contribution is 6.00. The van der Waals surface area contributed by atoms with Crippen LogP contribution in [-0.2, 0) is 23.9 Å². The van der Waals surface area contributed by atoms with Crippen molar-refractivity contribution in [1.82, 2.24) is 0 Å². The molecule has 3 aliphatic carbocycles. The van der Waals surface area contributed by atoms with Crippen molar-refractivity contribution in [3.05, 3.63) is 0 Å². The van der Waals surface area contributed by atoms with Gasteiger partial charge in [-0.25, -0.2) is 0 Å². The minimum Gasteiger partial charge on any atom is -0.462 e. The first kappa shape index (κ1) is 18.3. The third-order valence-corrected chi connectivity index (χ3v) is 6.87. The maximum absolute atomic E-state index is 12.7. The summed E-state index contributed by atoms with van der Waals surface area (Å²) in [6.45, 7) is 3.63. The van der Waals surface area contributed by atoms with E-state index in [4.69, 9.17) is 4.74 Å². The molecule has 0 amide bonds. The fraction of sp³-hybridized carbons (Fsp3) is 0.800. The number of carbonyl (C=O) groups is 4. The molecule has 0 aliphatic heterocycles. The number of fused-ring (bicyclic) bond motifs is 3. The maximum atomic E-state index is 12.7. The topological polar surface area (TPSA) is 77.5 Å². The van der Waals surface area contributed by atoms with Crippen LogP contribution in [0.4, 0.5) is 0 Å². The van der Waals surface area contributed by atoms with Gasteiger partial charge in [-0.1, -0.05) is 6.92 Å². The van der Waals surface area contributed by atoms with Gasteiger partial charge in [0.2, 0.25) is 0 Å². The van der Waals surface area contributed by atoms with E-state index in [1.807, 2.05) is 0 Å². The van der Waals surface area contributed by atoms with Crippen LogP contribution < -0.4 is 0 Å². The molecule has 25 heavy (non-hydrogen) atoms. The Morgan fingerprint density at radius 3 is 2.44 bits per heavy atom. The van der Waals surface area contributed by atoms with Gasteiger partial charge in [0.15, 0.2) is 0 Å². The van der Waals surface area contributed by atoms with Gasteiger partial charge in [0.1, 0.15) is 23.5 Å². The van der Waals surface area contributed by atoms with Gasteiger partial charge in [-0.3, -0.25) is 19.2 Å². The van der Waals surface area contributed by atoms with E-state index in [1.165, 1.54) is 6.92 Å². The van der Waals surface area contributed by atoms with Gasteiger partial charge in [0, 0.05) is 37.5 Å². The predicted octanol–water partition coefficient (Wildman–Crippen LogP) is 3.03. The zero-order chi connectivity index (χ0) is 18.2. The second kappa shape index (κ2) is 7.00. The summed E-state index contributed by atoms with van der Waals surface area (Å²) in [5.74, 6) is 0.267. The Hall–Kier alpha value is -1.52. The Morgan fingerprint density at radius 1 is 1.00 bits per heavy atom.